The average molecular weight is 346 g/mol. The van der Waals surface area contributed by atoms with E-state index < -0.39 is 6.04 Å². The molecule has 0 aliphatic carbocycles. The summed E-state index contributed by atoms with van der Waals surface area (Å²) in [7, 11) is 1.49. The van der Waals surface area contributed by atoms with Crippen LogP contribution in [0.15, 0.2) is 30.7 Å². The molecule has 3 rings (SSSR count). The van der Waals surface area contributed by atoms with Crippen molar-refractivity contribution in [2.75, 3.05) is 20.2 Å². The molecule has 0 bridgehead atoms. The normalized spacial score (nSPS) is 16.5. The van der Waals surface area contributed by atoms with Crippen LogP contribution in [0.4, 0.5) is 9.18 Å². The first-order chi connectivity index (χ1) is 12.1. The van der Waals surface area contributed by atoms with Crippen LogP contribution in [0.2, 0.25) is 0 Å². The Morgan fingerprint density at radius 1 is 1.44 bits per heavy atom. The number of H-pyrrole nitrogens is 1. The lowest BCUT2D eigenvalue weighted by atomic mass is 9.94. The number of aromatic nitrogens is 2. The van der Waals surface area contributed by atoms with Gasteiger partial charge >= 0.3 is 6.03 Å². The maximum Gasteiger partial charge on any atom is 0.317 e. The van der Waals surface area contributed by atoms with E-state index in [1.165, 1.54) is 13.2 Å². The minimum Gasteiger partial charge on any atom is -0.496 e. The number of hydrogen-bond acceptors (Lipinski definition) is 3. The van der Waals surface area contributed by atoms with E-state index in [0.29, 0.717) is 30.3 Å². The van der Waals surface area contributed by atoms with Gasteiger partial charge in [-0.2, -0.15) is 0 Å². The number of imidazole rings is 1. The zero-order chi connectivity index (χ0) is 17.8. The molecule has 1 aliphatic heterocycles. The highest BCUT2D eigenvalue weighted by Gasteiger charge is 2.26. The summed E-state index contributed by atoms with van der Waals surface area (Å²) in [5, 5.41) is 2.88. The van der Waals surface area contributed by atoms with Gasteiger partial charge in [0.1, 0.15) is 11.6 Å². The second-order valence-corrected chi connectivity index (χ2v) is 6.30. The number of methoxy groups -OCH3 is 1. The maximum absolute atomic E-state index is 14.1. The second-order valence-electron chi connectivity index (χ2n) is 6.30. The van der Waals surface area contributed by atoms with E-state index >= 15 is 0 Å². The lowest BCUT2D eigenvalue weighted by Crippen LogP contribution is -2.45. The van der Waals surface area contributed by atoms with E-state index in [0.717, 1.165) is 18.5 Å². The molecule has 1 aliphatic rings. The summed E-state index contributed by atoms with van der Waals surface area (Å²) in [6, 6.07) is 4.00. The van der Waals surface area contributed by atoms with Crippen LogP contribution in [0.5, 0.6) is 5.75 Å². The standard InChI is InChI=1S/C18H23FN4O2/c1-12(17-14(19)4-3-5-16(17)25-2)22-18(24)23-8-6-13(7-9-23)15-10-20-11-21-15/h3-5,10-13H,6-9H2,1-2H3,(H,20,21)(H,22,24). The number of amides is 2. The van der Waals surface area contributed by atoms with Crippen molar-refractivity contribution in [3.05, 3.63) is 47.8 Å². The number of hydrogen-bond donors (Lipinski definition) is 2. The molecule has 7 heteroatoms. The summed E-state index contributed by atoms with van der Waals surface area (Å²) < 4.78 is 19.3. The highest BCUT2D eigenvalue weighted by atomic mass is 19.1. The first kappa shape index (κ1) is 17.3. The molecular formula is C18H23FN4O2. The Labute approximate surface area is 146 Å². The van der Waals surface area contributed by atoms with E-state index in [2.05, 4.69) is 15.3 Å². The third-order valence-electron chi connectivity index (χ3n) is 4.75. The largest absolute Gasteiger partial charge is 0.496 e. The van der Waals surface area contributed by atoms with Gasteiger partial charge in [-0.1, -0.05) is 6.07 Å². The Morgan fingerprint density at radius 3 is 2.84 bits per heavy atom. The Hall–Kier alpha value is -2.57. The predicted molar refractivity (Wildman–Crippen MR) is 92.0 cm³/mol. The topological polar surface area (TPSA) is 70.2 Å². The maximum atomic E-state index is 14.1. The summed E-state index contributed by atoms with van der Waals surface area (Å²) >= 11 is 0. The van der Waals surface area contributed by atoms with Crippen molar-refractivity contribution < 1.29 is 13.9 Å². The van der Waals surface area contributed by atoms with Gasteiger partial charge in [-0.05, 0) is 31.9 Å². The van der Waals surface area contributed by atoms with Crippen LogP contribution in [0.1, 0.15) is 43.0 Å². The number of carbonyl (C=O) groups is 1. The number of nitrogens with one attached hydrogen (secondary N) is 2. The minimum absolute atomic E-state index is 0.180. The van der Waals surface area contributed by atoms with Crippen LogP contribution in [-0.4, -0.2) is 41.1 Å². The number of benzene rings is 1. The molecule has 1 fully saturated rings. The number of carbonyl (C=O) groups excluding carboxylic acids is 1. The van der Waals surface area contributed by atoms with E-state index in [4.69, 9.17) is 4.74 Å². The second kappa shape index (κ2) is 7.55. The number of halogens is 1. The Balaban J connectivity index is 1.60. The van der Waals surface area contributed by atoms with E-state index in [-0.39, 0.29) is 11.8 Å². The summed E-state index contributed by atoms with van der Waals surface area (Å²) in [5.41, 5.74) is 1.48. The van der Waals surface area contributed by atoms with Gasteiger partial charge in [0.2, 0.25) is 0 Å². The van der Waals surface area contributed by atoms with Gasteiger partial charge in [-0.15, -0.1) is 0 Å². The van der Waals surface area contributed by atoms with Gasteiger partial charge < -0.3 is 19.9 Å². The van der Waals surface area contributed by atoms with E-state index in [1.54, 1.807) is 30.3 Å². The lowest BCUT2D eigenvalue weighted by Gasteiger charge is -2.32. The molecule has 1 atom stereocenters. The van der Waals surface area contributed by atoms with Crippen molar-refractivity contribution in [3.8, 4) is 5.75 Å². The Bertz CT molecular complexity index is 712. The number of piperidine rings is 1. The zero-order valence-electron chi connectivity index (χ0n) is 14.5. The number of nitrogens with zero attached hydrogens (tertiary/aromatic N) is 2. The first-order valence-electron chi connectivity index (χ1n) is 8.46. The molecule has 1 unspecified atom stereocenters. The highest BCUT2D eigenvalue weighted by molar-refractivity contribution is 5.75. The highest BCUT2D eigenvalue weighted by Crippen LogP contribution is 2.29. The molecule has 0 saturated carbocycles. The van der Waals surface area contributed by atoms with Crippen LogP contribution >= 0.6 is 0 Å². The van der Waals surface area contributed by atoms with Crippen molar-refractivity contribution in [2.24, 2.45) is 0 Å². The fourth-order valence-corrected chi connectivity index (χ4v) is 3.35. The molecule has 1 aromatic heterocycles. The molecule has 0 spiro atoms. The summed E-state index contributed by atoms with van der Waals surface area (Å²) in [4.78, 5) is 21.5. The van der Waals surface area contributed by atoms with Crippen LogP contribution in [0.25, 0.3) is 0 Å². The van der Waals surface area contributed by atoms with Crippen molar-refractivity contribution in [1.82, 2.24) is 20.2 Å². The van der Waals surface area contributed by atoms with Crippen molar-refractivity contribution in [1.29, 1.82) is 0 Å². The molecule has 6 nitrogen and oxygen atoms in total. The van der Waals surface area contributed by atoms with Crippen LogP contribution in [-0.2, 0) is 0 Å². The zero-order valence-corrected chi connectivity index (χ0v) is 14.5. The molecule has 2 heterocycles. The summed E-state index contributed by atoms with van der Waals surface area (Å²) in [6.07, 6.45) is 5.28. The summed E-state index contributed by atoms with van der Waals surface area (Å²) in [5.74, 6) is 0.450. The molecule has 134 valence electrons. The smallest absolute Gasteiger partial charge is 0.317 e. The predicted octanol–water partition coefficient (Wildman–Crippen LogP) is 3.21. The number of ether oxygens (including phenoxy) is 1. The Morgan fingerprint density at radius 2 is 2.20 bits per heavy atom. The first-order valence-corrected chi connectivity index (χ1v) is 8.46. The average Bonchev–Trinajstić information content (AvgIpc) is 3.16. The van der Waals surface area contributed by atoms with Crippen LogP contribution in [0, 0.1) is 5.82 Å². The van der Waals surface area contributed by atoms with Crippen LogP contribution in [0.3, 0.4) is 0 Å². The quantitative estimate of drug-likeness (QED) is 0.893. The van der Waals surface area contributed by atoms with Gasteiger partial charge in [0.15, 0.2) is 0 Å². The van der Waals surface area contributed by atoms with Crippen molar-refractivity contribution >= 4 is 6.03 Å². The molecular weight excluding hydrogens is 323 g/mol. The number of urea groups is 1. The van der Waals surface area contributed by atoms with Gasteiger partial charge in [0.05, 0.1) is 25.0 Å². The fraction of sp³-hybridized carbons (Fsp3) is 0.444. The van der Waals surface area contributed by atoms with Gasteiger partial charge in [-0.25, -0.2) is 14.2 Å². The summed E-state index contributed by atoms with van der Waals surface area (Å²) in [6.45, 7) is 3.09. The number of likely N-dealkylation sites (tertiary alicyclic amines) is 1. The molecule has 2 amide bonds. The van der Waals surface area contributed by atoms with Gasteiger partial charge in [0, 0.05) is 30.9 Å². The number of rotatable bonds is 4. The third kappa shape index (κ3) is 3.75. The molecule has 2 N–H and O–H groups in total. The van der Waals surface area contributed by atoms with Crippen molar-refractivity contribution in [3.63, 3.8) is 0 Å². The fourth-order valence-electron chi connectivity index (χ4n) is 3.35. The number of aromatic amines is 1. The SMILES string of the molecule is COc1cccc(F)c1C(C)NC(=O)N1CCC(c2cnc[nH]2)CC1. The van der Waals surface area contributed by atoms with E-state index in [9.17, 15) is 9.18 Å². The molecule has 1 saturated heterocycles. The van der Waals surface area contributed by atoms with Crippen molar-refractivity contribution in [2.45, 2.75) is 31.7 Å². The lowest BCUT2D eigenvalue weighted by molar-refractivity contribution is 0.177. The minimum atomic E-state index is -0.478. The van der Waals surface area contributed by atoms with Crippen LogP contribution < -0.4 is 10.1 Å². The van der Waals surface area contributed by atoms with Gasteiger partial charge in [-0.3, -0.25) is 0 Å². The van der Waals surface area contributed by atoms with Gasteiger partial charge in [0.25, 0.3) is 0 Å². The Kier molecular flexibility index (Phi) is 5.21. The van der Waals surface area contributed by atoms with E-state index in [1.807, 2.05) is 6.20 Å². The molecule has 1 aromatic carbocycles. The molecule has 2 aromatic rings. The molecule has 0 radical (unpaired) electrons. The monoisotopic (exact) mass is 346 g/mol. The third-order valence-corrected chi connectivity index (χ3v) is 4.75. The molecule has 25 heavy (non-hydrogen) atoms.